The minimum atomic E-state index is -0.835. The van der Waals surface area contributed by atoms with E-state index in [0.29, 0.717) is 17.0 Å². The number of carbonyl (C=O) groups excluding carboxylic acids is 1. The third-order valence-electron chi connectivity index (χ3n) is 4.69. The number of anilines is 2. The molecular formula is C23H22N4O4S2. The lowest BCUT2D eigenvalue weighted by Crippen LogP contribution is -2.39. The molecule has 0 bridgehead atoms. The molecule has 3 aromatic rings. The Morgan fingerprint density at radius 2 is 1.73 bits per heavy atom. The number of carbonyl (C=O) groups is 1. The molecule has 0 aromatic heterocycles. The van der Waals surface area contributed by atoms with Gasteiger partial charge in [0.05, 0.1) is 23.8 Å². The molecule has 1 unspecified atom stereocenters. The minimum Gasteiger partial charge on any atom is -0.496 e. The van der Waals surface area contributed by atoms with Crippen molar-refractivity contribution in [1.29, 1.82) is 0 Å². The second-order valence-corrected chi connectivity index (χ2v) is 8.03. The predicted molar refractivity (Wildman–Crippen MR) is 135 cm³/mol. The lowest BCUT2D eigenvalue weighted by Gasteiger charge is -2.21. The molecule has 0 heterocycles. The maximum atomic E-state index is 13.2. The Morgan fingerprint density at radius 3 is 2.39 bits per heavy atom. The zero-order valence-electron chi connectivity index (χ0n) is 17.9. The van der Waals surface area contributed by atoms with Crippen molar-refractivity contribution in [3.63, 3.8) is 0 Å². The van der Waals surface area contributed by atoms with Crippen molar-refractivity contribution in [2.45, 2.75) is 10.9 Å². The molecule has 33 heavy (non-hydrogen) atoms. The number of nitrogens with zero attached hydrogens (tertiary/aromatic N) is 1. The molecule has 0 aliphatic rings. The quantitative estimate of drug-likeness (QED) is 0.178. The molecule has 170 valence electrons. The Labute approximate surface area is 200 Å². The van der Waals surface area contributed by atoms with E-state index in [1.165, 1.54) is 31.0 Å². The molecule has 0 aliphatic heterocycles. The molecule has 0 fully saturated rings. The molecule has 3 aromatic carbocycles. The molecule has 1 amide bonds. The highest BCUT2D eigenvalue weighted by molar-refractivity contribution is 7.98. The number of amides is 1. The van der Waals surface area contributed by atoms with E-state index in [-0.39, 0.29) is 22.4 Å². The highest BCUT2D eigenvalue weighted by Crippen LogP contribution is 2.29. The number of benzene rings is 3. The molecule has 0 spiro atoms. The first kappa shape index (κ1) is 24.0. The summed E-state index contributed by atoms with van der Waals surface area (Å²) in [7, 11) is 1.43. The van der Waals surface area contributed by atoms with Crippen LogP contribution in [0.15, 0.2) is 77.7 Å². The number of para-hydroxylation sites is 1. The zero-order valence-corrected chi connectivity index (χ0v) is 19.5. The van der Waals surface area contributed by atoms with Crippen LogP contribution in [-0.4, -0.2) is 29.3 Å². The van der Waals surface area contributed by atoms with Crippen molar-refractivity contribution < 1.29 is 14.5 Å². The van der Waals surface area contributed by atoms with Gasteiger partial charge in [0.1, 0.15) is 17.5 Å². The van der Waals surface area contributed by atoms with Crippen molar-refractivity contribution in [3.05, 3.63) is 88.5 Å². The molecular weight excluding hydrogens is 460 g/mol. The van der Waals surface area contributed by atoms with Crippen LogP contribution in [-0.2, 0) is 4.79 Å². The molecule has 8 nitrogen and oxygen atoms in total. The van der Waals surface area contributed by atoms with Crippen LogP contribution in [0.4, 0.5) is 17.1 Å². The van der Waals surface area contributed by atoms with Crippen molar-refractivity contribution in [1.82, 2.24) is 5.32 Å². The number of thioether (sulfide) groups is 1. The zero-order chi connectivity index (χ0) is 23.8. The van der Waals surface area contributed by atoms with Gasteiger partial charge in [-0.1, -0.05) is 42.5 Å². The monoisotopic (exact) mass is 482 g/mol. The van der Waals surface area contributed by atoms with E-state index in [9.17, 15) is 14.9 Å². The van der Waals surface area contributed by atoms with Crippen LogP contribution < -0.4 is 20.7 Å². The standard InChI is InChI=1S/C23H22N4O4S2/c1-31-16-12-13-17(19(14-16)27(29)30)25-23(32)26-21(15-8-4-3-5-9-15)22(28)24-18-10-6-7-11-20(18)33-2/h3-14,21H,1-2H3,(H,24,28)(H2,25,26,32). The summed E-state index contributed by atoms with van der Waals surface area (Å²) < 4.78 is 5.06. The van der Waals surface area contributed by atoms with Gasteiger partial charge in [0.15, 0.2) is 5.11 Å². The third kappa shape index (κ3) is 6.21. The first-order valence-electron chi connectivity index (χ1n) is 9.81. The van der Waals surface area contributed by atoms with E-state index in [0.717, 1.165) is 4.90 Å². The largest absolute Gasteiger partial charge is 0.496 e. The molecule has 1 atom stereocenters. The fourth-order valence-electron chi connectivity index (χ4n) is 3.08. The lowest BCUT2D eigenvalue weighted by molar-refractivity contribution is -0.384. The number of hydrogen-bond donors (Lipinski definition) is 3. The number of rotatable bonds is 8. The molecule has 0 radical (unpaired) electrons. The van der Waals surface area contributed by atoms with E-state index < -0.39 is 11.0 Å². The summed E-state index contributed by atoms with van der Waals surface area (Å²) in [6.45, 7) is 0. The Kier molecular flexibility index (Phi) is 8.22. The molecule has 0 saturated carbocycles. The van der Waals surface area contributed by atoms with Gasteiger partial charge in [-0.25, -0.2) is 0 Å². The van der Waals surface area contributed by atoms with Gasteiger partial charge >= 0.3 is 0 Å². The topological polar surface area (TPSA) is 106 Å². The number of thiocarbonyl (C=S) groups is 1. The van der Waals surface area contributed by atoms with E-state index in [4.69, 9.17) is 17.0 Å². The highest BCUT2D eigenvalue weighted by Gasteiger charge is 2.24. The van der Waals surface area contributed by atoms with Gasteiger partial charge in [0.2, 0.25) is 0 Å². The summed E-state index contributed by atoms with van der Waals surface area (Å²) in [4.78, 5) is 25.1. The fourth-order valence-corrected chi connectivity index (χ4v) is 3.86. The smallest absolute Gasteiger partial charge is 0.296 e. The number of nitro groups is 1. The molecule has 3 rings (SSSR count). The van der Waals surface area contributed by atoms with Crippen molar-refractivity contribution in [2.75, 3.05) is 24.0 Å². The molecule has 0 saturated heterocycles. The maximum Gasteiger partial charge on any atom is 0.296 e. The minimum absolute atomic E-state index is 0.0606. The van der Waals surface area contributed by atoms with Gasteiger partial charge < -0.3 is 20.7 Å². The SMILES string of the molecule is COc1ccc(NC(=S)NC(C(=O)Nc2ccccc2SC)c2ccccc2)c([N+](=O)[O-])c1. The second-order valence-electron chi connectivity index (χ2n) is 6.77. The normalized spacial score (nSPS) is 11.2. The summed E-state index contributed by atoms with van der Waals surface area (Å²) >= 11 is 6.91. The van der Waals surface area contributed by atoms with E-state index in [1.807, 2.05) is 48.7 Å². The van der Waals surface area contributed by atoms with Gasteiger partial charge in [-0.15, -0.1) is 11.8 Å². The predicted octanol–water partition coefficient (Wildman–Crippen LogP) is 4.99. The summed E-state index contributed by atoms with van der Waals surface area (Å²) in [5.41, 5.74) is 1.35. The van der Waals surface area contributed by atoms with Gasteiger partial charge in [0, 0.05) is 4.90 Å². The number of methoxy groups -OCH3 is 1. The number of ether oxygens (including phenoxy) is 1. The number of nitrogens with one attached hydrogen (secondary N) is 3. The fraction of sp³-hybridized carbons (Fsp3) is 0.130. The van der Waals surface area contributed by atoms with E-state index in [2.05, 4.69) is 16.0 Å². The number of nitro benzene ring substituents is 1. The van der Waals surface area contributed by atoms with Gasteiger partial charge in [0.25, 0.3) is 11.6 Å². The Balaban J connectivity index is 1.83. The van der Waals surface area contributed by atoms with Crippen LogP contribution in [0, 0.1) is 10.1 Å². The molecule has 10 heteroatoms. The average Bonchev–Trinajstić information content (AvgIpc) is 2.83. The Morgan fingerprint density at radius 1 is 1.03 bits per heavy atom. The molecule has 3 N–H and O–H groups in total. The van der Waals surface area contributed by atoms with Gasteiger partial charge in [-0.05, 0) is 48.3 Å². The van der Waals surface area contributed by atoms with Crippen molar-refractivity contribution in [3.8, 4) is 5.75 Å². The van der Waals surface area contributed by atoms with Crippen LogP contribution in [0.1, 0.15) is 11.6 Å². The van der Waals surface area contributed by atoms with Gasteiger partial charge in [-0.2, -0.15) is 0 Å². The van der Waals surface area contributed by atoms with Crippen LogP contribution in [0.3, 0.4) is 0 Å². The third-order valence-corrected chi connectivity index (χ3v) is 5.70. The van der Waals surface area contributed by atoms with Crippen molar-refractivity contribution in [2.24, 2.45) is 0 Å². The van der Waals surface area contributed by atoms with E-state index in [1.54, 1.807) is 18.2 Å². The second kappa shape index (κ2) is 11.3. The summed E-state index contributed by atoms with van der Waals surface area (Å²) in [6, 6.07) is 20.1. The Hall–Kier alpha value is -3.63. The lowest BCUT2D eigenvalue weighted by atomic mass is 10.1. The van der Waals surface area contributed by atoms with Gasteiger partial charge in [-0.3, -0.25) is 14.9 Å². The van der Waals surface area contributed by atoms with Crippen LogP contribution in [0.25, 0.3) is 0 Å². The molecule has 0 aliphatic carbocycles. The summed E-state index contributed by atoms with van der Waals surface area (Å²) in [5, 5.41) is 20.3. The van der Waals surface area contributed by atoms with Crippen LogP contribution in [0.2, 0.25) is 0 Å². The van der Waals surface area contributed by atoms with Crippen molar-refractivity contribution >= 4 is 52.1 Å². The van der Waals surface area contributed by atoms with Crippen LogP contribution in [0.5, 0.6) is 5.75 Å². The average molecular weight is 483 g/mol. The first-order valence-corrected chi connectivity index (χ1v) is 11.4. The maximum absolute atomic E-state index is 13.2. The summed E-state index contributed by atoms with van der Waals surface area (Å²) in [6.07, 6.45) is 1.93. The Bertz CT molecular complexity index is 1160. The highest BCUT2D eigenvalue weighted by atomic mass is 32.2. The first-order chi connectivity index (χ1) is 15.9. The summed E-state index contributed by atoms with van der Waals surface area (Å²) in [5.74, 6) is 0.0243. The van der Waals surface area contributed by atoms with Crippen LogP contribution >= 0.6 is 24.0 Å². The van der Waals surface area contributed by atoms with E-state index >= 15 is 0 Å². The number of hydrogen-bond acceptors (Lipinski definition) is 6.